The second-order valence-corrected chi connectivity index (χ2v) is 6.09. The minimum absolute atomic E-state index is 0.0426. The molecule has 1 amide bonds. The molecule has 1 aliphatic rings. The van der Waals surface area contributed by atoms with Crippen LogP contribution in [0.25, 0.3) is 0 Å². The van der Waals surface area contributed by atoms with Crippen LogP contribution in [0.1, 0.15) is 19.6 Å². The third-order valence-electron chi connectivity index (χ3n) is 3.56. The summed E-state index contributed by atoms with van der Waals surface area (Å²) in [7, 11) is 1.85. The van der Waals surface area contributed by atoms with Gasteiger partial charge in [0.15, 0.2) is 0 Å². The van der Waals surface area contributed by atoms with Crippen molar-refractivity contribution in [2.24, 2.45) is 11.1 Å². The fourth-order valence-corrected chi connectivity index (χ4v) is 2.86. The lowest BCUT2D eigenvalue weighted by atomic mass is 9.92. The molecule has 1 saturated heterocycles. The van der Waals surface area contributed by atoms with Crippen LogP contribution < -0.4 is 5.73 Å². The van der Waals surface area contributed by atoms with Crippen molar-refractivity contribution >= 4 is 5.91 Å². The number of hydrogen-bond donors (Lipinski definition) is 1. The molecule has 5 heteroatoms. The number of rotatable bonds is 3. The smallest absolute Gasteiger partial charge is 0.241 e. The number of amides is 1. The van der Waals surface area contributed by atoms with E-state index < -0.39 is 0 Å². The summed E-state index contributed by atoms with van der Waals surface area (Å²) in [5.74, 6) is 0.964. The van der Waals surface area contributed by atoms with Crippen molar-refractivity contribution in [2.75, 3.05) is 26.7 Å². The molecule has 0 spiro atoms. The van der Waals surface area contributed by atoms with Crippen LogP contribution in [-0.4, -0.2) is 48.4 Å². The highest BCUT2D eigenvalue weighted by atomic mass is 16.3. The number of hydrogen-bond acceptors (Lipinski definition) is 4. The van der Waals surface area contributed by atoms with Gasteiger partial charge in [-0.15, -0.1) is 0 Å². The summed E-state index contributed by atoms with van der Waals surface area (Å²) in [5.41, 5.74) is 5.86. The molecule has 2 N–H and O–H groups in total. The van der Waals surface area contributed by atoms with Gasteiger partial charge >= 0.3 is 0 Å². The molecule has 2 rings (SSSR count). The molecule has 0 radical (unpaired) electrons. The number of nitrogens with zero attached hydrogens (tertiary/aromatic N) is 2. The number of likely N-dealkylation sites (N-methyl/N-ethyl adjacent to an activating group) is 1. The van der Waals surface area contributed by atoms with Gasteiger partial charge in [0, 0.05) is 26.7 Å². The quantitative estimate of drug-likeness (QED) is 0.882. The standard InChI is InChI=1S/C14H23N3O2/c1-14(2)9-16(3)13(18)12(7-15)17(10-14)8-11-5-4-6-19-11/h4-6,12H,7-10,15H2,1-3H3. The number of carbonyl (C=O) groups is 1. The molecule has 0 aliphatic carbocycles. The summed E-state index contributed by atoms with van der Waals surface area (Å²) in [6, 6.07) is 3.53. The molecule has 1 atom stereocenters. The Labute approximate surface area is 114 Å². The first-order chi connectivity index (χ1) is 8.93. The summed E-state index contributed by atoms with van der Waals surface area (Å²) >= 11 is 0. The molecule has 0 bridgehead atoms. The first-order valence-electron chi connectivity index (χ1n) is 6.64. The minimum Gasteiger partial charge on any atom is -0.468 e. The molecule has 1 aromatic heterocycles. The van der Waals surface area contributed by atoms with E-state index in [1.165, 1.54) is 0 Å². The van der Waals surface area contributed by atoms with Crippen molar-refractivity contribution in [1.82, 2.24) is 9.80 Å². The Morgan fingerprint density at radius 2 is 2.21 bits per heavy atom. The Hall–Kier alpha value is -1.33. The topological polar surface area (TPSA) is 62.7 Å². The molecular weight excluding hydrogens is 242 g/mol. The second-order valence-electron chi connectivity index (χ2n) is 6.09. The Bertz CT molecular complexity index is 428. The average Bonchev–Trinajstić information content (AvgIpc) is 2.78. The van der Waals surface area contributed by atoms with Gasteiger partial charge in [0.2, 0.25) is 5.91 Å². The maximum absolute atomic E-state index is 12.4. The third-order valence-corrected chi connectivity index (χ3v) is 3.56. The lowest BCUT2D eigenvalue weighted by Gasteiger charge is -2.31. The number of nitrogens with two attached hydrogens (primary N) is 1. The van der Waals surface area contributed by atoms with Gasteiger partial charge in [-0.1, -0.05) is 13.8 Å². The van der Waals surface area contributed by atoms with Crippen LogP contribution in [0, 0.1) is 5.41 Å². The predicted octanol–water partition coefficient (Wildman–Crippen LogP) is 0.907. The fraction of sp³-hybridized carbons (Fsp3) is 0.643. The molecule has 106 valence electrons. The Balaban J connectivity index is 2.23. The molecule has 1 aromatic rings. The van der Waals surface area contributed by atoms with E-state index in [0.29, 0.717) is 13.1 Å². The van der Waals surface area contributed by atoms with Gasteiger partial charge in [0.25, 0.3) is 0 Å². The Kier molecular flexibility index (Phi) is 3.96. The van der Waals surface area contributed by atoms with E-state index in [1.807, 2.05) is 19.2 Å². The molecule has 1 unspecified atom stereocenters. The van der Waals surface area contributed by atoms with Gasteiger partial charge in [-0.3, -0.25) is 9.69 Å². The lowest BCUT2D eigenvalue weighted by molar-refractivity contribution is -0.134. The molecule has 2 heterocycles. The predicted molar refractivity (Wildman–Crippen MR) is 73.4 cm³/mol. The molecule has 0 saturated carbocycles. The molecular formula is C14H23N3O2. The fourth-order valence-electron chi connectivity index (χ4n) is 2.86. The van der Waals surface area contributed by atoms with Crippen molar-refractivity contribution in [2.45, 2.75) is 26.4 Å². The zero-order valence-electron chi connectivity index (χ0n) is 11.9. The van der Waals surface area contributed by atoms with Crippen LogP contribution in [0.3, 0.4) is 0 Å². The van der Waals surface area contributed by atoms with Gasteiger partial charge in [-0.05, 0) is 17.5 Å². The van der Waals surface area contributed by atoms with Crippen molar-refractivity contribution in [3.8, 4) is 0 Å². The highest BCUT2D eigenvalue weighted by Crippen LogP contribution is 2.25. The minimum atomic E-state index is -0.267. The summed E-state index contributed by atoms with van der Waals surface area (Å²) in [6.07, 6.45) is 1.66. The van der Waals surface area contributed by atoms with E-state index >= 15 is 0 Å². The SMILES string of the molecule is CN1CC(C)(C)CN(Cc2ccco2)C(CN)C1=O. The van der Waals surface area contributed by atoms with E-state index in [9.17, 15) is 4.79 Å². The summed E-state index contributed by atoms with van der Waals surface area (Å²) in [4.78, 5) is 16.3. The van der Waals surface area contributed by atoms with Crippen LogP contribution in [0.4, 0.5) is 0 Å². The van der Waals surface area contributed by atoms with Crippen molar-refractivity contribution in [3.05, 3.63) is 24.2 Å². The van der Waals surface area contributed by atoms with Gasteiger partial charge < -0.3 is 15.1 Å². The lowest BCUT2D eigenvalue weighted by Crippen LogP contribution is -2.48. The van der Waals surface area contributed by atoms with Crippen LogP contribution in [-0.2, 0) is 11.3 Å². The van der Waals surface area contributed by atoms with Crippen molar-refractivity contribution < 1.29 is 9.21 Å². The Morgan fingerprint density at radius 1 is 1.47 bits per heavy atom. The number of furan rings is 1. The van der Waals surface area contributed by atoms with Crippen molar-refractivity contribution in [3.63, 3.8) is 0 Å². The normalized spacial score (nSPS) is 24.5. The van der Waals surface area contributed by atoms with Crippen molar-refractivity contribution in [1.29, 1.82) is 0 Å². The maximum atomic E-state index is 12.4. The van der Waals surface area contributed by atoms with E-state index in [4.69, 9.17) is 10.2 Å². The first-order valence-corrected chi connectivity index (χ1v) is 6.64. The van der Waals surface area contributed by atoms with Crippen LogP contribution in [0.5, 0.6) is 0 Å². The van der Waals surface area contributed by atoms with Gasteiger partial charge in [0.05, 0.1) is 12.8 Å². The second kappa shape index (κ2) is 5.35. The summed E-state index contributed by atoms with van der Waals surface area (Å²) in [6.45, 7) is 6.87. The molecule has 0 aromatic carbocycles. The zero-order valence-corrected chi connectivity index (χ0v) is 11.9. The van der Waals surface area contributed by atoms with E-state index in [2.05, 4.69) is 18.7 Å². The van der Waals surface area contributed by atoms with Gasteiger partial charge in [0.1, 0.15) is 11.8 Å². The first kappa shape index (κ1) is 14.1. The highest BCUT2D eigenvalue weighted by molar-refractivity contribution is 5.82. The maximum Gasteiger partial charge on any atom is 0.241 e. The third kappa shape index (κ3) is 3.16. The molecule has 5 nitrogen and oxygen atoms in total. The molecule has 1 aliphatic heterocycles. The highest BCUT2D eigenvalue weighted by Gasteiger charge is 2.37. The monoisotopic (exact) mass is 265 g/mol. The van der Waals surface area contributed by atoms with Gasteiger partial charge in [-0.2, -0.15) is 0 Å². The molecule has 19 heavy (non-hydrogen) atoms. The van der Waals surface area contributed by atoms with E-state index in [1.54, 1.807) is 11.2 Å². The Morgan fingerprint density at radius 3 is 2.79 bits per heavy atom. The van der Waals surface area contributed by atoms with Crippen LogP contribution >= 0.6 is 0 Å². The van der Waals surface area contributed by atoms with Gasteiger partial charge in [-0.25, -0.2) is 0 Å². The zero-order chi connectivity index (χ0) is 14.0. The number of carbonyl (C=O) groups excluding carboxylic acids is 1. The van der Waals surface area contributed by atoms with E-state index in [-0.39, 0.29) is 17.4 Å². The van der Waals surface area contributed by atoms with Crippen LogP contribution in [0.15, 0.2) is 22.8 Å². The summed E-state index contributed by atoms with van der Waals surface area (Å²) < 4.78 is 5.39. The largest absolute Gasteiger partial charge is 0.468 e. The average molecular weight is 265 g/mol. The molecule has 1 fully saturated rings. The van der Waals surface area contributed by atoms with Crippen LogP contribution in [0.2, 0.25) is 0 Å². The summed E-state index contributed by atoms with van der Waals surface area (Å²) in [5, 5.41) is 0. The van der Waals surface area contributed by atoms with E-state index in [0.717, 1.165) is 18.8 Å².